The molecule has 4 aromatic rings. The van der Waals surface area contributed by atoms with Crippen LogP contribution in [0.3, 0.4) is 0 Å². The van der Waals surface area contributed by atoms with Crippen LogP contribution < -0.4 is 5.43 Å². The highest BCUT2D eigenvalue weighted by molar-refractivity contribution is 6.02. The first-order valence-corrected chi connectivity index (χ1v) is 9.77. The summed E-state index contributed by atoms with van der Waals surface area (Å²) in [6, 6.07) is 18.1. The quantitative estimate of drug-likeness (QED) is 0.293. The Balaban J connectivity index is 1.34. The van der Waals surface area contributed by atoms with Gasteiger partial charge in [0.25, 0.3) is 11.6 Å². The molecule has 0 atom stereocenters. The average Bonchev–Trinajstić information content (AvgIpc) is 3.43. The van der Waals surface area contributed by atoms with E-state index in [2.05, 4.69) is 51.1 Å². The lowest BCUT2D eigenvalue weighted by Crippen LogP contribution is -2.17. The number of nitrogens with one attached hydrogen (secondary N) is 2. The number of nitro groups is 1. The van der Waals surface area contributed by atoms with E-state index in [1.54, 1.807) is 18.2 Å². The summed E-state index contributed by atoms with van der Waals surface area (Å²) in [6.07, 6.45) is 3.52. The molecule has 0 spiro atoms. The number of benzene rings is 3. The van der Waals surface area contributed by atoms with Crippen molar-refractivity contribution in [2.45, 2.75) is 12.8 Å². The summed E-state index contributed by atoms with van der Waals surface area (Å²) in [4.78, 5) is 22.6. The van der Waals surface area contributed by atoms with E-state index in [0.717, 1.165) is 23.8 Å². The zero-order chi connectivity index (χ0) is 21.4. The molecule has 0 aliphatic heterocycles. The zero-order valence-electron chi connectivity index (χ0n) is 16.3. The topological polar surface area (TPSA) is 113 Å². The third-order valence-electron chi connectivity index (χ3n) is 5.46. The highest BCUT2D eigenvalue weighted by atomic mass is 16.6. The van der Waals surface area contributed by atoms with E-state index in [1.807, 2.05) is 0 Å². The molecule has 1 aliphatic rings. The van der Waals surface area contributed by atoms with Crippen LogP contribution in [0.2, 0.25) is 0 Å². The normalized spacial score (nSPS) is 12.5. The van der Waals surface area contributed by atoms with Crippen LogP contribution in [-0.4, -0.2) is 27.2 Å². The molecule has 152 valence electrons. The summed E-state index contributed by atoms with van der Waals surface area (Å²) in [5.74, 6) is -0.428. The number of H-pyrrole nitrogens is 1. The van der Waals surface area contributed by atoms with Crippen LogP contribution >= 0.6 is 0 Å². The van der Waals surface area contributed by atoms with Crippen LogP contribution in [0.25, 0.3) is 22.0 Å². The van der Waals surface area contributed by atoms with Gasteiger partial charge in [0, 0.05) is 17.7 Å². The minimum atomic E-state index is -0.472. The molecular formula is C23H17N5O3. The van der Waals surface area contributed by atoms with E-state index >= 15 is 0 Å². The summed E-state index contributed by atoms with van der Waals surface area (Å²) < 4.78 is 0. The van der Waals surface area contributed by atoms with E-state index in [9.17, 15) is 14.9 Å². The number of non-ortho nitro benzene ring substituents is 1. The fraction of sp³-hybridized carbons (Fsp3) is 0.0870. The summed E-state index contributed by atoms with van der Waals surface area (Å²) in [6.45, 7) is 0. The number of nitro benzene ring substituents is 1. The number of hydrogen-bond donors (Lipinski definition) is 2. The average molecular weight is 411 g/mol. The van der Waals surface area contributed by atoms with Crippen molar-refractivity contribution < 1.29 is 9.72 Å². The number of aromatic nitrogens is 2. The summed E-state index contributed by atoms with van der Waals surface area (Å²) in [7, 11) is 0. The molecule has 31 heavy (non-hydrogen) atoms. The van der Waals surface area contributed by atoms with Crippen LogP contribution in [0.5, 0.6) is 0 Å². The first kappa shape index (κ1) is 18.7. The second-order valence-electron chi connectivity index (χ2n) is 7.33. The van der Waals surface area contributed by atoms with Gasteiger partial charge in [0.1, 0.15) is 5.69 Å². The number of nitrogens with zero attached hydrogens (tertiary/aromatic N) is 3. The maximum Gasteiger partial charge on any atom is 0.289 e. The molecule has 1 aromatic heterocycles. The predicted molar refractivity (Wildman–Crippen MR) is 117 cm³/mol. The second kappa shape index (κ2) is 7.49. The Morgan fingerprint density at radius 3 is 2.65 bits per heavy atom. The van der Waals surface area contributed by atoms with E-state index < -0.39 is 10.8 Å². The van der Waals surface area contributed by atoms with Crippen LogP contribution in [0.4, 0.5) is 5.69 Å². The van der Waals surface area contributed by atoms with E-state index in [1.165, 1.54) is 34.9 Å². The van der Waals surface area contributed by atoms with Gasteiger partial charge in [-0.1, -0.05) is 30.3 Å². The molecule has 1 aliphatic carbocycles. The molecule has 0 saturated heterocycles. The molecule has 1 amide bonds. The van der Waals surface area contributed by atoms with Crippen LogP contribution in [0, 0.1) is 10.1 Å². The third-order valence-corrected chi connectivity index (χ3v) is 5.46. The van der Waals surface area contributed by atoms with Crippen molar-refractivity contribution in [3.8, 4) is 11.3 Å². The van der Waals surface area contributed by atoms with Gasteiger partial charge in [-0.05, 0) is 58.5 Å². The predicted octanol–water partition coefficient (Wildman–Crippen LogP) is 4.00. The number of carbonyl (C=O) groups excluding carboxylic acids is 1. The molecule has 0 unspecified atom stereocenters. The van der Waals surface area contributed by atoms with Gasteiger partial charge in [-0.2, -0.15) is 10.2 Å². The maximum atomic E-state index is 12.4. The number of aromatic amines is 1. The maximum absolute atomic E-state index is 12.4. The molecule has 0 radical (unpaired) electrons. The number of rotatable bonds is 5. The lowest BCUT2D eigenvalue weighted by Gasteiger charge is -2.06. The fourth-order valence-corrected chi connectivity index (χ4v) is 3.95. The van der Waals surface area contributed by atoms with E-state index in [0.29, 0.717) is 17.0 Å². The Labute approximate surface area is 176 Å². The van der Waals surface area contributed by atoms with Crippen molar-refractivity contribution in [2.75, 3.05) is 0 Å². The smallest absolute Gasteiger partial charge is 0.272 e. The SMILES string of the molecule is O=C(NN=Cc1ccc([N+](=O)[O-])cc1)c1cc(-c2ccc3c4c(cccc24)CC3)n[nH]1. The third kappa shape index (κ3) is 3.44. The van der Waals surface area contributed by atoms with Crippen LogP contribution in [-0.2, 0) is 12.8 Å². The fourth-order valence-electron chi connectivity index (χ4n) is 3.95. The highest BCUT2D eigenvalue weighted by Crippen LogP contribution is 2.36. The summed E-state index contributed by atoms with van der Waals surface area (Å²) in [5.41, 5.74) is 7.73. The molecule has 2 N–H and O–H groups in total. The Morgan fingerprint density at radius 2 is 1.87 bits per heavy atom. The first-order valence-electron chi connectivity index (χ1n) is 9.77. The van der Waals surface area contributed by atoms with Gasteiger partial charge in [-0.3, -0.25) is 20.0 Å². The van der Waals surface area contributed by atoms with Gasteiger partial charge < -0.3 is 0 Å². The molecule has 8 heteroatoms. The van der Waals surface area contributed by atoms with E-state index in [-0.39, 0.29) is 5.69 Å². The van der Waals surface area contributed by atoms with Crippen molar-refractivity contribution in [1.29, 1.82) is 0 Å². The van der Waals surface area contributed by atoms with Crippen molar-refractivity contribution >= 4 is 28.6 Å². The molecule has 3 aromatic carbocycles. The number of aryl methyl sites for hydroxylation is 2. The van der Waals surface area contributed by atoms with Crippen molar-refractivity contribution in [1.82, 2.24) is 15.6 Å². The number of carbonyl (C=O) groups is 1. The minimum absolute atomic E-state index is 0.00535. The van der Waals surface area contributed by atoms with Crippen molar-refractivity contribution in [3.63, 3.8) is 0 Å². The molecule has 0 bridgehead atoms. The molecular weight excluding hydrogens is 394 g/mol. The minimum Gasteiger partial charge on any atom is -0.272 e. The Morgan fingerprint density at radius 1 is 1.10 bits per heavy atom. The summed E-state index contributed by atoms with van der Waals surface area (Å²) in [5, 5.41) is 24.1. The Kier molecular flexibility index (Phi) is 4.51. The standard InChI is InChI=1S/C23H17N5O3/c29-23(27-24-13-14-4-9-17(10-5-14)28(30)31)21-12-20(25-26-21)18-11-8-16-7-6-15-2-1-3-19(18)22(15)16/h1-5,8-13H,6-7H2,(H,25,26)(H,27,29). The lowest BCUT2D eigenvalue weighted by molar-refractivity contribution is -0.384. The highest BCUT2D eigenvalue weighted by Gasteiger charge is 2.18. The lowest BCUT2D eigenvalue weighted by atomic mass is 9.98. The van der Waals surface area contributed by atoms with Crippen LogP contribution in [0.15, 0.2) is 65.8 Å². The molecule has 1 heterocycles. The molecule has 0 saturated carbocycles. The molecule has 8 nitrogen and oxygen atoms in total. The van der Waals surface area contributed by atoms with Gasteiger partial charge in [0.15, 0.2) is 0 Å². The number of amides is 1. The largest absolute Gasteiger partial charge is 0.289 e. The first-order chi connectivity index (χ1) is 15.1. The van der Waals surface area contributed by atoms with Gasteiger partial charge in [-0.25, -0.2) is 5.43 Å². The number of hydrazone groups is 1. The van der Waals surface area contributed by atoms with Crippen molar-refractivity contribution in [3.05, 3.63) is 93.2 Å². The summed E-state index contributed by atoms with van der Waals surface area (Å²) >= 11 is 0. The Bertz CT molecular complexity index is 1350. The van der Waals surface area contributed by atoms with Gasteiger partial charge >= 0.3 is 0 Å². The van der Waals surface area contributed by atoms with Gasteiger partial charge in [0.2, 0.25) is 0 Å². The zero-order valence-corrected chi connectivity index (χ0v) is 16.3. The molecule has 0 fully saturated rings. The second-order valence-corrected chi connectivity index (χ2v) is 7.33. The van der Waals surface area contributed by atoms with Gasteiger partial charge in [0.05, 0.1) is 16.8 Å². The Hall–Kier alpha value is -4.33. The van der Waals surface area contributed by atoms with Crippen LogP contribution in [0.1, 0.15) is 27.2 Å². The number of hydrogen-bond acceptors (Lipinski definition) is 5. The van der Waals surface area contributed by atoms with Gasteiger partial charge in [-0.15, -0.1) is 0 Å². The van der Waals surface area contributed by atoms with E-state index in [4.69, 9.17) is 0 Å². The monoisotopic (exact) mass is 411 g/mol. The van der Waals surface area contributed by atoms with Crippen molar-refractivity contribution in [2.24, 2.45) is 5.10 Å². The molecule has 5 rings (SSSR count).